The molecule has 5 heteroatoms. The lowest BCUT2D eigenvalue weighted by Crippen LogP contribution is -2.19. The number of hydrogen-bond acceptors (Lipinski definition) is 5. The van der Waals surface area contributed by atoms with E-state index < -0.39 is 18.2 Å². The number of carbonyl (C=O) groups is 1. The smallest absolute Gasteiger partial charge is 0.333 e. The van der Waals surface area contributed by atoms with Crippen LogP contribution in [0.5, 0.6) is 0 Å². The number of ether oxygens (including phenoxy) is 1. The van der Waals surface area contributed by atoms with Crippen LogP contribution in [-0.2, 0) is 9.53 Å². The van der Waals surface area contributed by atoms with Crippen molar-refractivity contribution in [1.29, 1.82) is 0 Å². The minimum Gasteiger partial charge on any atom is -0.460 e. The summed E-state index contributed by atoms with van der Waals surface area (Å²) in [6.45, 7) is 4.92. The van der Waals surface area contributed by atoms with E-state index in [9.17, 15) is 4.79 Å². The van der Waals surface area contributed by atoms with Gasteiger partial charge in [0.15, 0.2) is 0 Å². The first-order valence-electron chi connectivity index (χ1n) is 5.33. The van der Waals surface area contributed by atoms with Crippen molar-refractivity contribution in [2.24, 2.45) is 0 Å². The zero-order valence-corrected chi connectivity index (χ0v) is 9.56. The Bertz CT molecular complexity index is 202. The van der Waals surface area contributed by atoms with Gasteiger partial charge in [-0.15, -0.1) is 0 Å². The summed E-state index contributed by atoms with van der Waals surface area (Å²) in [6, 6.07) is 0. The van der Waals surface area contributed by atoms with E-state index in [0.29, 0.717) is 6.42 Å². The predicted octanol–water partition coefficient (Wildman–Crippen LogP) is -0.00990. The van der Waals surface area contributed by atoms with E-state index >= 15 is 0 Å². The highest BCUT2D eigenvalue weighted by molar-refractivity contribution is 5.87. The molecule has 2 unspecified atom stereocenters. The Balaban J connectivity index is 3.78. The lowest BCUT2D eigenvalue weighted by Gasteiger charge is -2.11. The van der Waals surface area contributed by atoms with Crippen molar-refractivity contribution in [2.75, 3.05) is 13.2 Å². The fourth-order valence-corrected chi connectivity index (χ4v) is 0.926. The number of aliphatic hydroxyl groups excluding tert-OH is 3. The quantitative estimate of drug-likeness (QED) is 0.405. The molecule has 0 rings (SSSR count). The summed E-state index contributed by atoms with van der Waals surface area (Å²) in [7, 11) is 0. The van der Waals surface area contributed by atoms with Crippen LogP contribution in [0.15, 0.2) is 12.2 Å². The molecule has 0 aliphatic heterocycles. The van der Waals surface area contributed by atoms with Crippen molar-refractivity contribution < 1.29 is 24.9 Å². The Morgan fingerprint density at radius 3 is 2.50 bits per heavy atom. The van der Waals surface area contributed by atoms with Crippen molar-refractivity contribution in [1.82, 2.24) is 0 Å². The molecular formula is C11H20O5. The summed E-state index contributed by atoms with van der Waals surface area (Å²) in [5.41, 5.74) is 0.232. The van der Waals surface area contributed by atoms with Gasteiger partial charge in [0.2, 0.25) is 0 Å². The van der Waals surface area contributed by atoms with Crippen LogP contribution in [0.4, 0.5) is 0 Å². The Morgan fingerprint density at radius 1 is 1.38 bits per heavy atom. The van der Waals surface area contributed by atoms with E-state index in [1.54, 1.807) is 6.92 Å². The highest BCUT2D eigenvalue weighted by Gasteiger charge is 2.12. The first-order chi connectivity index (χ1) is 7.51. The lowest BCUT2D eigenvalue weighted by atomic mass is 10.1. The third kappa shape index (κ3) is 6.55. The molecule has 0 bridgehead atoms. The van der Waals surface area contributed by atoms with Crippen LogP contribution in [0.3, 0.4) is 0 Å². The highest BCUT2D eigenvalue weighted by Crippen LogP contribution is 2.08. The summed E-state index contributed by atoms with van der Waals surface area (Å²) in [5.74, 6) is -0.572. The normalized spacial score (nSPS) is 14.2. The maximum absolute atomic E-state index is 11.3. The van der Waals surface area contributed by atoms with Crippen LogP contribution in [0.2, 0.25) is 0 Å². The second-order valence-corrected chi connectivity index (χ2v) is 3.64. The van der Waals surface area contributed by atoms with Gasteiger partial charge in [-0.05, 0) is 19.3 Å². The number of carbonyl (C=O) groups excluding carboxylic acids is 1. The van der Waals surface area contributed by atoms with Crippen LogP contribution in [0.25, 0.3) is 0 Å². The molecule has 0 aromatic carbocycles. The first kappa shape index (κ1) is 15.1. The van der Waals surface area contributed by atoms with E-state index in [4.69, 9.17) is 20.1 Å². The molecule has 0 aliphatic carbocycles. The van der Waals surface area contributed by atoms with Crippen LogP contribution >= 0.6 is 0 Å². The average Bonchev–Trinajstić information content (AvgIpc) is 2.31. The molecule has 0 heterocycles. The summed E-state index contributed by atoms with van der Waals surface area (Å²) >= 11 is 0. The molecular weight excluding hydrogens is 212 g/mol. The molecule has 94 valence electrons. The van der Waals surface area contributed by atoms with Crippen molar-refractivity contribution in [3.63, 3.8) is 0 Å². The molecule has 16 heavy (non-hydrogen) atoms. The summed E-state index contributed by atoms with van der Waals surface area (Å²) in [5, 5.41) is 26.8. The average molecular weight is 232 g/mol. The molecule has 0 aromatic rings. The van der Waals surface area contributed by atoms with E-state index in [-0.39, 0.29) is 31.6 Å². The highest BCUT2D eigenvalue weighted by atomic mass is 16.5. The Morgan fingerprint density at radius 2 is 2.00 bits per heavy atom. The number of hydrogen-bond donors (Lipinski definition) is 3. The van der Waals surface area contributed by atoms with Gasteiger partial charge in [-0.1, -0.05) is 13.5 Å². The zero-order valence-electron chi connectivity index (χ0n) is 9.56. The topological polar surface area (TPSA) is 87.0 Å². The molecule has 2 atom stereocenters. The van der Waals surface area contributed by atoms with Gasteiger partial charge in [-0.3, -0.25) is 0 Å². The molecule has 0 fully saturated rings. The Hall–Kier alpha value is -0.910. The minimum absolute atomic E-state index is 0.0447. The van der Waals surface area contributed by atoms with Gasteiger partial charge >= 0.3 is 5.97 Å². The summed E-state index contributed by atoms with van der Waals surface area (Å²) < 4.78 is 4.79. The third-order valence-electron chi connectivity index (χ3n) is 2.16. The lowest BCUT2D eigenvalue weighted by molar-refractivity contribution is -0.142. The fourth-order valence-electron chi connectivity index (χ4n) is 0.926. The van der Waals surface area contributed by atoms with Crippen LogP contribution in [-0.4, -0.2) is 46.7 Å². The molecule has 0 aliphatic rings. The second kappa shape index (κ2) is 8.27. The molecule has 0 saturated heterocycles. The molecule has 0 radical (unpaired) electrons. The Labute approximate surface area is 95.4 Å². The summed E-state index contributed by atoms with van der Waals surface area (Å²) in [4.78, 5) is 11.3. The van der Waals surface area contributed by atoms with Gasteiger partial charge in [-0.2, -0.15) is 0 Å². The largest absolute Gasteiger partial charge is 0.460 e. The summed E-state index contributed by atoms with van der Waals surface area (Å²) in [6.07, 6.45) is -0.447. The van der Waals surface area contributed by atoms with Crippen molar-refractivity contribution in [3.8, 4) is 0 Å². The van der Waals surface area contributed by atoms with Gasteiger partial charge in [0, 0.05) is 5.57 Å². The van der Waals surface area contributed by atoms with Gasteiger partial charge < -0.3 is 20.1 Å². The second-order valence-electron chi connectivity index (χ2n) is 3.64. The minimum atomic E-state index is -0.842. The van der Waals surface area contributed by atoms with Crippen LogP contribution in [0.1, 0.15) is 26.2 Å². The van der Waals surface area contributed by atoms with Crippen LogP contribution in [0, 0.1) is 0 Å². The SMILES string of the molecule is C=C(CCC(O)CO)C(=O)OCC(O)CC. The van der Waals surface area contributed by atoms with E-state index in [1.165, 1.54) is 0 Å². The number of rotatable bonds is 8. The van der Waals surface area contributed by atoms with Crippen molar-refractivity contribution in [3.05, 3.63) is 12.2 Å². The Kier molecular flexibility index (Phi) is 7.80. The van der Waals surface area contributed by atoms with Crippen LogP contribution < -0.4 is 0 Å². The van der Waals surface area contributed by atoms with Gasteiger partial charge in [-0.25, -0.2) is 4.79 Å². The van der Waals surface area contributed by atoms with Gasteiger partial charge in [0.05, 0.1) is 18.8 Å². The number of aliphatic hydroxyl groups is 3. The number of esters is 1. The van der Waals surface area contributed by atoms with Crippen molar-refractivity contribution in [2.45, 2.75) is 38.4 Å². The molecule has 0 saturated carbocycles. The van der Waals surface area contributed by atoms with E-state index in [1.807, 2.05) is 0 Å². The molecule has 5 nitrogen and oxygen atoms in total. The van der Waals surface area contributed by atoms with Crippen molar-refractivity contribution >= 4 is 5.97 Å². The standard InChI is InChI=1S/C11H20O5/c1-3-9(13)7-16-11(15)8(2)4-5-10(14)6-12/h9-10,12-14H,2-7H2,1H3. The monoisotopic (exact) mass is 232 g/mol. The van der Waals surface area contributed by atoms with Gasteiger partial charge in [0.1, 0.15) is 6.61 Å². The van der Waals surface area contributed by atoms with E-state index in [2.05, 4.69) is 6.58 Å². The maximum Gasteiger partial charge on any atom is 0.333 e. The first-order valence-corrected chi connectivity index (χ1v) is 5.33. The van der Waals surface area contributed by atoms with E-state index in [0.717, 1.165) is 0 Å². The molecule has 0 spiro atoms. The predicted molar refractivity (Wildman–Crippen MR) is 58.7 cm³/mol. The fraction of sp³-hybridized carbons (Fsp3) is 0.727. The third-order valence-corrected chi connectivity index (χ3v) is 2.16. The zero-order chi connectivity index (χ0) is 12.6. The molecule has 3 N–H and O–H groups in total. The molecule has 0 amide bonds. The van der Waals surface area contributed by atoms with Gasteiger partial charge in [0.25, 0.3) is 0 Å². The molecule has 0 aromatic heterocycles. The maximum atomic E-state index is 11.3.